The Bertz CT molecular complexity index is 300. The molecule has 0 radical (unpaired) electrons. The van der Waals surface area contributed by atoms with E-state index in [0.29, 0.717) is 10.5 Å². The molecule has 0 bridgehead atoms. The Hall–Kier alpha value is 0.417. The van der Waals surface area contributed by atoms with Crippen LogP contribution in [-0.2, 0) is 9.16 Å². The lowest BCUT2D eigenvalue weighted by molar-refractivity contribution is 0.153. The average Bonchev–Trinajstić information content (AvgIpc) is 2.62. The van der Waals surface area contributed by atoms with Crippen molar-refractivity contribution in [1.29, 1.82) is 0 Å². The standard InChI is InChI=1S/C13H26O2S2Si/c1-13(2,3)18(5,6)15-11-8-7-10(9-11)14-12(16)17-4/h10-11H,7-9H2,1-6H3. The first-order valence-electron chi connectivity index (χ1n) is 6.58. The molecule has 1 saturated carbocycles. The number of hydrogen-bond acceptors (Lipinski definition) is 4. The molecule has 0 aromatic carbocycles. The normalized spacial score (nSPS) is 25.2. The molecule has 0 aromatic rings. The third-order valence-electron chi connectivity index (χ3n) is 4.03. The summed E-state index contributed by atoms with van der Waals surface area (Å²) in [5, 5.41) is 0.278. The number of ether oxygens (including phenoxy) is 1. The van der Waals surface area contributed by atoms with E-state index in [4.69, 9.17) is 21.4 Å². The van der Waals surface area contributed by atoms with Crippen LogP contribution in [0.4, 0.5) is 0 Å². The molecule has 5 heteroatoms. The third kappa shape index (κ3) is 4.51. The fourth-order valence-corrected chi connectivity index (χ4v) is 3.66. The molecule has 2 nitrogen and oxygen atoms in total. The smallest absolute Gasteiger partial charge is 0.219 e. The van der Waals surface area contributed by atoms with Crippen LogP contribution in [0.15, 0.2) is 0 Å². The maximum Gasteiger partial charge on any atom is 0.219 e. The van der Waals surface area contributed by atoms with E-state index in [0.717, 1.165) is 19.3 Å². The number of thioether (sulfide) groups is 1. The van der Waals surface area contributed by atoms with Crippen molar-refractivity contribution in [2.75, 3.05) is 6.26 Å². The lowest BCUT2D eigenvalue weighted by Crippen LogP contribution is -2.43. The van der Waals surface area contributed by atoms with Crippen molar-refractivity contribution in [3.8, 4) is 0 Å². The van der Waals surface area contributed by atoms with Crippen LogP contribution < -0.4 is 0 Å². The first-order valence-corrected chi connectivity index (χ1v) is 11.1. The molecule has 106 valence electrons. The minimum Gasteiger partial charge on any atom is -0.475 e. The zero-order chi connectivity index (χ0) is 14.0. The van der Waals surface area contributed by atoms with Gasteiger partial charge in [0.2, 0.25) is 4.38 Å². The summed E-state index contributed by atoms with van der Waals surface area (Å²) in [5.41, 5.74) is 0. The molecule has 0 saturated heterocycles. The topological polar surface area (TPSA) is 18.5 Å². The van der Waals surface area contributed by atoms with Crippen LogP contribution in [0.2, 0.25) is 18.1 Å². The third-order valence-corrected chi connectivity index (χ3v) is 9.59. The van der Waals surface area contributed by atoms with Gasteiger partial charge in [0.15, 0.2) is 8.32 Å². The SMILES string of the molecule is CSC(=S)OC1CCC(O[Si](C)(C)C(C)(C)C)C1. The minimum atomic E-state index is -1.64. The molecular weight excluding hydrogens is 280 g/mol. The van der Waals surface area contributed by atoms with Gasteiger partial charge in [-0.25, -0.2) is 0 Å². The van der Waals surface area contributed by atoms with Crippen molar-refractivity contribution in [3.63, 3.8) is 0 Å². The Kier molecular flexibility index (Phi) is 5.71. The minimum absolute atomic E-state index is 0.264. The van der Waals surface area contributed by atoms with Gasteiger partial charge in [0.05, 0.1) is 0 Å². The maximum absolute atomic E-state index is 6.42. The van der Waals surface area contributed by atoms with Gasteiger partial charge in [-0.2, -0.15) is 0 Å². The van der Waals surface area contributed by atoms with E-state index >= 15 is 0 Å². The van der Waals surface area contributed by atoms with Crippen molar-refractivity contribution in [3.05, 3.63) is 0 Å². The highest BCUT2D eigenvalue weighted by Crippen LogP contribution is 2.39. The quantitative estimate of drug-likeness (QED) is 0.560. The first kappa shape index (κ1) is 16.5. The summed E-state index contributed by atoms with van der Waals surface area (Å²) < 4.78 is 12.8. The summed E-state index contributed by atoms with van der Waals surface area (Å²) in [6, 6.07) is 0. The van der Waals surface area contributed by atoms with Crippen LogP contribution in [0.25, 0.3) is 0 Å². The van der Waals surface area contributed by atoms with Crippen molar-refractivity contribution < 1.29 is 9.16 Å². The van der Waals surface area contributed by atoms with Gasteiger partial charge < -0.3 is 9.16 Å². The number of thiocarbonyl (C=S) groups is 1. The lowest BCUT2D eigenvalue weighted by Gasteiger charge is -2.38. The molecule has 18 heavy (non-hydrogen) atoms. The molecule has 0 amide bonds. The van der Waals surface area contributed by atoms with E-state index in [1.807, 2.05) is 6.26 Å². The van der Waals surface area contributed by atoms with Gasteiger partial charge in [-0.1, -0.05) is 32.5 Å². The van der Waals surface area contributed by atoms with Gasteiger partial charge in [0, 0.05) is 12.5 Å². The van der Waals surface area contributed by atoms with Gasteiger partial charge in [0.1, 0.15) is 6.10 Å². The largest absolute Gasteiger partial charge is 0.475 e. The van der Waals surface area contributed by atoms with Crippen molar-refractivity contribution >= 4 is 36.7 Å². The Labute approximate surface area is 122 Å². The molecule has 2 unspecified atom stereocenters. The molecule has 1 rings (SSSR count). The second-order valence-corrected chi connectivity index (χ2v) is 12.7. The van der Waals surface area contributed by atoms with Gasteiger partial charge >= 0.3 is 0 Å². The van der Waals surface area contributed by atoms with E-state index in [1.54, 1.807) is 0 Å². The van der Waals surface area contributed by atoms with Gasteiger partial charge in [0.25, 0.3) is 0 Å². The van der Waals surface area contributed by atoms with Crippen molar-refractivity contribution in [1.82, 2.24) is 0 Å². The summed E-state index contributed by atoms with van der Waals surface area (Å²) in [6.45, 7) is 11.5. The van der Waals surface area contributed by atoms with Crippen LogP contribution in [0.3, 0.4) is 0 Å². The monoisotopic (exact) mass is 306 g/mol. The van der Waals surface area contributed by atoms with Crippen LogP contribution in [-0.4, -0.2) is 31.2 Å². The molecular formula is C13H26O2S2Si. The molecule has 0 aromatic heterocycles. The van der Waals surface area contributed by atoms with E-state index in [-0.39, 0.29) is 11.1 Å². The first-order chi connectivity index (χ1) is 8.15. The highest BCUT2D eigenvalue weighted by Gasteiger charge is 2.41. The van der Waals surface area contributed by atoms with Crippen LogP contribution in [0.1, 0.15) is 40.0 Å². The van der Waals surface area contributed by atoms with E-state index in [9.17, 15) is 0 Å². The summed E-state index contributed by atoms with van der Waals surface area (Å²) in [6.07, 6.45) is 5.75. The second-order valence-electron chi connectivity index (χ2n) is 6.51. The molecule has 1 fully saturated rings. The second kappa shape index (κ2) is 6.24. The van der Waals surface area contributed by atoms with E-state index in [2.05, 4.69) is 33.9 Å². The number of rotatable bonds is 3. The fraction of sp³-hybridized carbons (Fsp3) is 0.923. The maximum atomic E-state index is 6.42. The van der Waals surface area contributed by atoms with Crippen molar-refractivity contribution in [2.45, 2.75) is 70.4 Å². The molecule has 1 aliphatic carbocycles. The Morgan fingerprint density at radius 1 is 1.22 bits per heavy atom. The molecule has 1 aliphatic rings. The van der Waals surface area contributed by atoms with Crippen LogP contribution in [0, 0.1) is 0 Å². The summed E-state index contributed by atoms with van der Waals surface area (Å²) in [5.74, 6) is 0. The Morgan fingerprint density at radius 2 is 1.78 bits per heavy atom. The molecule has 0 spiro atoms. The van der Waals surface area contributed by atoms with Crippen LogP contribution in [0.5, 0.6) is 0 Å². The van der Waals surface area contributed by atoms with Gasteiger partial charge in [-0.05, 0) is 49.4 Å². The van der Waals surface area contributed by atoms with Crippen molar-refractivity contribution in [2.24, 2.45) is 0 Å². The van der Waals surface area contributed by atoms with Crippen LogP contribution >= 0.6 is 24.0 Å². The molecule has 2 atom stereocenters. The highest BCUT2D eigenvalue weighted by molar-refractivity contribution is 8.22. The zero-order valence-corrected chi connectivity index (χ0v) is 15.0. The predicted octanol–water partition coefficient (Wildman–Crippen LogP) is 4.59. The summed E-state index contributed by atoms with van der Waals surface area (Å²) >= 11 is 6.62. The Balaban J connectivity index is 2.46. The fourth-order valence-electron chi connectivity index (χ4n) is 1.89. The highest BCUT2D eigenvalue weighted by atomic mass is 32.2. The molecule has 0 aliphatic heterocycles. The number of hydrogen-bond donors (Lipinski definition) is 0. The predicted molar refractivity (Wildman–Crippen MR) is 86.9 cm³/mol. The van der Waals surface area contributed by atoms with E-state index < -0.39 is 8.32 Å². The lowest BCUT2D eigenvalue weighted by atomic mass is 10.2. The molecule has 0 heterocycles. The van der Waals surface area contributed by atoms with Gasteiger partial charge in [-0.3, -0.25) is 0 Å². The Morgan fingerprint density at radius 3 is 2.28 bits per heavy atom. The summed E-state index contributed by atoms with van der Waals surface area (Å²) in [4.78, 5) is 0. The molecule has 0 N–H and O–H groups in total. The summed E-state index contributed by atoms with van der Waals surface area (Å²) in [7, 11) is -1.64. The van der Waals surface area contributed by atoms with E-state index in [1.165, 1.54) is 11.8 Å². The average molecular weight is 307 g/mol. The van der Waals surface area contributed by atoms with Gasteiger partial charge in [-0.15, -0.1) is 0 Å². The zero-order valence-electron chi connectivity index (χ0n) is 12.4.